The molecule has 2 aromatic carbocycles. The fraction of sp³-hybridized carbons (Fsp3) is 0.381. The summed E-state index contributed by atoms with van der Waals surface area (Å²) in [5.74, 6) is 2.46. The lowest BCUT2D eigenvalue weighted by Crippen LogP contribution is -2.39. The largest absolute Gasteiger partial charge is 0.342 e. The lowest BCUT2D eigenvalue weighted by Gasteiger charge is -2.32. The highest BCUT2D eigenvalue weighted by Gasteiger charge is 2.22. The molecule has 0 saturated carbocycles. The number of carbonyl (C=O) groups is 1. The third kappa shape index (κ3) is 5.89. The molecule has 3 rings (SSSR count). The van der Waals surface area contributed by atoms with Gasteiger partial charge in [-0.2, -0.15) is 0 Å². The zero-order valence-corrected chi connectivity index (χ0v) is 16.8. The smallest absolute Gasteiger partial charge is 0.232 e. The Labute approximate surface area is 163 Å². The van der Waals surface area contributed by atoms with Gasteiger partial charge in [-0.1, -0.05) is 58.4 Å². The molecule has 0 bridgehead atoms. The molecule has 0 aliphatic carbocycles. The van der Waals surface area contributed by atoms with E-state index in [2.05, 4.69) is 63.3 Å². The number of hydrogen-bond acceptors (Lipinski definition) is 2. The van der Waals surface area contributed by atoms with Crippen LogP contribution in [0.3, 0.4) is 0 Å². The van der Waals surface area contributed by atoms with Gasteiger partial charge in [-0.15, -0.1) is 11.8 Å². The number of benzene rings is 2. The second kappa shape index (κ2) is 9.44. The maximum atomic E-state index is 12.4. The van der Waals surface area contributed by atoms with Crippen LogP contribution in [0.1, 0.15) is 24.0 Å². The van der Waals surface area contributed by atoms with Crippen LogP contribution in [0.5, 0.6) is 0 Å². The van der Waals surface area contributed by atoms with Crippen molar-refractivity contribution >= 4 is 33.6 Å². The summed E-state index contributed by atoms with van der Waals surface area (Å²) in [6, 6.07) is 19.0. The zero-order chi connectivity index (χ0) is 17.5. The standard InChI is InChI=1S/C21H24BrNOS/c22-20-8-4-7-19(14-20)15-25-16-21(24)23-11-9-18(10-12-23)13-17-5-2-1-3-6-17/h1-8,14,18H,9-13,15-16H2. The van der Waals surface area contributed by atoms with Crippen LogP contribution >= 0.6 is 27.7 Å². The minimum absolute atomic E-state index is 0.290. The lowest BCUT2D eigenvalue weighted by atomic mass is 9.90. The van der Waals surface area contributed by atoms with Crippen LogP contribution in [-0.4, -0.2) is 29.6 Å². The molecule has 0 atom stereocenters. The van der Waals surface area contributed by atoms with Gasteiger partial charge in [0.2, 0.25) is 5.91 Å². The van der Waals surface area contributed by atoms with Gasteiger partial charge >= 0.3 is 0 Å². The molecule has 1 aliphatic heterocycles. The number of nitrogens with zero attached hydrogens (tertiary/aromatic N) is 1. The molecular formula is C21H24BrNOS. The Hall–Kier alpha value is -1.26. The van der Waals surface area contributed by atoms with Crippen molar-refractivity contribution in [2.75, 3.05) is 18.8 Å². The molecule has 0 spiro atoms. The number of hydrogen-bond donors (Lipinski definition) is 0. The van der Waals surface area contributed by atoms with E-state index in [0.717, 1.165) is 42.6 Å². The second-order valence-electron chi connectivity index (χ2n) is 6.64. The van der Waals surface area contributed by atoms with E-state index in [0.29, 0.717) is 11.7 Å². The predicted octanol–water partition coefficient (Wildman–Crippen LogP) is 5.16. The molecule has 4 heteroatoms. The molecule has 1 amide bonds. The van der Waals surface area contributed by atoms with Crippen LogP contribution in [0.4, 0.5) is 0 Å². The number of thioether (sulfide) groups is 1. The van der Waals surface area contributed by atoms with E-state index in [4.69, 9.17) is 0 Å². The zero-order valence-electron chi connectivity index (χ0n) is 14.4. The minimum atomic E-state index is 0.290. The van der Waals surface area contributed by atoms with Crippen LogP contribution in [0, 0.1) is 5.92 Å². The van der Waals surface area contributed by atoms with Gasteiger partial charge in [0.1, 0.15) is 0 Å². The average molecular weight is 418 g/mol. The summed E-state index contributed by atoms with van der Waals surface area (Å²) < 4.78 is 1.09. The average Bonchev–Trinajstić information content (AvgIpc) is 2.63. The van der Waals surface area contributed by atoms with Crippen LogP contribution in [-0.2, 0) is 17.0 Å². The number of piperidine rings is 1. The third-order valence-electron chi connectivity index (χ3n) is 4.72. The molecule has 1 fully saturated rings. The van der Waals surface area contributed by atoms with Crippen LogP contribution in [0.25, 0.3) is 0 Å². The quantitative estimate of drug-likeness (QED) is 0.646. The molecule has 0 unspecified atom stereocenters. The highest BCUT2D eigenvalue weighted by atomic mass is 79.9. The van der Waals surface area contributed by atoms with E-state index in [1.54, 1.807) is 11.8 Å². The van der Waals surface area contributed by atoms with Crippen LogP contribution in [0.15, 0.2) is 59.1 Å². The normalized spacial score (nSPS) is 15.3. The molecule has 2 nitrogen and oxygen atoms in total. The summed E-state index contributed by atoms with van der Waals surface area (Å²) in [6.07, 6.45) is 3.38. The van der Waals surface area contributed by atoms with Crippen molar-refractivity contribution in [1.82, 2.24) is 4.90 Å². The van der Waals surface area contributed by atoms with Crippen molar-refractivity contribution in [3.63, 3.8) is 0 Å². The highest BCUT2D eigenvalue weighted by Crippen LogP contribution is 2.23. The molecule has 132 valence electrons. The SMILES string of the molecule is O=C(CSCc1cccc(Br)c1)N1CCC(Cc2ccccc2)CC1. The summed E-state index contributed by atoms with van der Waals surface area (Å²) in [7, 11) is 0. The Morgan fingerprint density at radius 1 is 1.04 bits per heavy atom. The van der Waals surface area contributed by atoms with E-state index in [1.807, 2.05) is 12.1 Å². The Morgan fingerprint density at radius 3 is 2.48 bits per heavy atom. The summed E-state index contributed by atoms with van der Waals surface area (Å²) in [5, 5.41) is 0. The predicted molar refractivity (Wildman–Crippen MR) is 110 cm³/mol. The number of halogens is 1. The number of amides is 1. The molecule has 1 aliphatic rings. The fourth-order valence-electron chi connectivity index (χ4n) is 3.31. The first-order valence-electron chi connectivity index (χ1n) is 8.84. The van der Waals surface area contributed by atoms with E-state index in [1.165, 1.54) is 11.1 Å². The van der Waals surface area contributed by atoms with Crippen molar-refractivity contribution in [2.24, 2.45) is 5.92 Å². The molecule has 1 saturated heterocycles. The molecule has 0 radical (unpaired) electrons. The first-order chi connectivity index (χ1) is 12.2. The first kappa shape index (κ1) is 18.5. The van der Waals surface area contributed by atoms with Crippen molar-refractivity contribution in [2.45, 2.75) is 25.0 Å². The summed E-state index contributed by atoms with van der Waals surface area (Å²) in [4.78, 5) is 14.5. The van der Waals surface area contributed by atoms with Gasteiger partial charge in [0.05, 0.1) is 5.75 Å². The maximum absolute atomic E-state index is 12.4. The van der Waals surface area contributed by atoms with Crippen molar-refractivity contribution < 1.29 is 4.79 Å². The number of carbonyl (C=O) groups excluding carboxylic acids is 1. The second-order valence-corrected chi connectivity index (χ2v) is 8.54. The lowest BCUT2D eigenvalue weighted by molar-refractivity contribution is -0.129. The van der Waals surface area contributed by atoms with E-state index < -0.39 is 0 Å². The van der Waals surface area contributed by atoms with Gasteiger partial charge < -0.3 is 4.90 Å². The number of likely N-dealkylation sites (tertiary alicyclic amines) is 1. The van der Waals surface area contributed by atoms with E-state index in [-0.39, 0.29) is 5.91 Å². The van der Waals surface area contributed by atoms with Gasteiger partial charge in [-0.25, -0.2) is 0 Å². The van der Waals surface area contributed by atoms with Crippen LogP contribution < -0.4 is 0 Å². The minimum Gasteiger partial charge on any atom is -0.342 e. The Morgan fingerprint density at radius 2 is 1.76 bits per heavy atom. The highest BCUT2D eigenvalue weighted by molar-refractivity contribution is 9.10. The summed E-state index contributed by atoms with van der Waals surface area (Å²) >= 11 is 5.20. The van der Waals surface area contributed by atoms with Gasteiger partial charge in [0.15, 0.2) is 0 Å². The van der Waals surface area contributed by atoms with Gasteiger partial charge in [0, 0.05) is 23.3 Å². The molecule has 0 N–H and O–H groups in total. The van der Waals surface area contributed by atoms with E-state index >= 15 is 0 Å². The Balaban J connectivity index is 1.38. The van der Waals surface area contributed by atoms with Gasteiger partial charge in [0.25, 0.3) is 0 Å². The first-order valence-corrected chi connectivity index (χ1v) is 10.8. The maximum Gasteiger partial charge on any atom is 0.232 e. The molecule has 1 heterocycles. The van der Waals surface area contributed by atoms with Crippen molar-refractivity contribution in [3.05, 3.63) is 70.2 Å². The molecule has 0 aromatic heterocycles. The Bertz CT molecular complexity index is 683. The monoisotopic (exact) mass is 417 g/mol. The fourth-order valence-corrected chi connectivity index (χ4v) is 4.63. The van der Waals surface area contributed by atoms with E-state index in [9.17, 15) is 4.79 Å². The van der Waals surface area contributed by atoms with Gasteiger partial charge in [-0.3, -0.25) is 4.79 Å². The van der Waals surface area contributed by atoms with Crippen molar-refractivity contribution in [3.8, 4) is 0 Å². The van der Waals surface area contributed by atoms with Crippen molar-refractivity contribution in [1.29, 1.82) is 0 Å². The van der Waals surface area contributed by atoms with Gasteiger partial charge in [-0.05, 0) is 48.4 Å². The molecule has 25 heavy (non-hydrogen) atoms. The van der Waals surface area contributed by atoms with Crippen LogP contribution in [0.2, 0.25) is 0 Å². The molecule has 2 aromatic rings. The number of rotatable bonds is 6. The third-order valence-corrected chi connectivity index (χ3v) is 6.20. The summed E-state index contributed by atoms with van der Waals surface area (Å²) in [6.45, 7) is 1.82. The summed E-state index contributed by atoms with van der Waals surface area (Å²) in [5.41, 5.74) is 2.67. The topological polar surface area (TPSA) is 20.3 Å². The Kier molecular flexibility index (Phi) is 7.00. The molecular weight excluding hydrogens is 394 g/mol.